The average molecular weight is 726 g/mol. The lowest BCUT2D eigenvalue weighted by molar-refractivity contribution is -0.140. The van der Waals surface area contributed by atoms with E-state index in [1.807, 2.05) is 44.2 Å². The van der Waals surface area contributed by atoms with Gasteiger partial charge in [0, 0.05) is 36.2 Å². The third-order valence-corrected chi connectivity index (χ3v) is 9.88. The molecule has 50 heavy (non-hydrogen) atoms. The monoisotopic (exact) mass is 725 g/mol. The summed E-state index contributed by atoms with van der Waals surface area (Å²) in [6.07, 6.45) is 0.0773. The molecule has 4 aromatic carbocycles. The van der Waals surface area contributed by atoms with Crippen LogP contribution in [0.5, 0.6) is 17.2 Å². The molecule has 1 atom stereocenters. The first-order valence-electron chi connectivity index (χ1n) is 15.8. The second-order valence-corrected chi connectivity index (χ2v) is 14.1. The second kappa shape index (κ2) is 17.2. The van der Waals surface area contributed by atoms with Crippen molar-refractivity contribution in [1.82, 2.24) is 10.2 Å². The van der Waals surface area contributed by atoms with Crippen LogP contribution >= 0.6 is 11.6 Å². The molecule has 0 heterocycles. The highest BCUT2D eigenvalue weighted by atomic mass is 35.5. The Bertz CT molecular complexity index is 1890. The zero-order valence-corrected chi connectivity index (χ0v) is 30.1. The van der Waals surface area contributed by atoms with Crippen LogP contribution in [0.4, 0.5) is 10.1 Å². The number of benzene rings is 4. The number of rotatable bonds is 16. The van der Waals surface area contributed by atoms with E-state index in [4.69, 9.17) is 25.8 Å². The molecule has 0 aliphatic carbocycles. The summed E-state index contributed by atoms with van der Waals surface area (Å²) in [6, 6.07) is 22.2. The van der Waals surface area contributed by atoms with E-state index in [0.717, 1.165) is 9.87 Å². The number of nitrogens with one attached hydrogen (secondary N) is 1. The summed E-state index contributed by atoms with van der Waals surface area (Å²) < 4.78 is 61.3. The summed E-state index contributed by atoms with van der Waals surface area (Å²) in [6.45, 7) is 3.07. The molecular formula is C37H41ClFN3O7S. The molecule has 266 valence electrons. The van der Waals surface area contributed by atoms with Gasteiger partial charge in [0.15, 0.2) is 11.5 Å². The maximum absolute atomic E-state index is 15.2. The minimum absolute atomic E-state index is 0.0298. The zero-order chi connectivity index (χ0) is 36.4. The molecule has 0 spiro atoms. The number of hydrogen-bond donors (Lipinski definition) is 1. The Balaban J connectivity index is 1.89. The molecule has 4 rings (SSSR count). The van der Waals surface area contributed by atoms with Crippen LogP contribution in [0.1, 0.15) is 25.0 Å². The lowest BCUT2D eigenvalue weighted by atomic mass is 10.0. The first-order valence-corrected chi connectivity index (χ1v) is 17.6. The second-order valence-electron chi connectivity index (χ2n) is 11.8. The van der Waals surface area contributed by atoms with Gasteiger partial charge in [-0.3, -0.25) is 13.9 Å². The highest BCUT2D eigenvalue weighted by Crippen LogP contribution is 2.37. The fourth-order valence-electron chi connectivity index (χ4n) is 5.26. The van der Waals surface area contributed by atoms with Crippen molar-refractivity contribution in [2.45, 2.75) is 37.8 Å². The molecule has 0 radical (unpaired) electrons. The average Bonchev–Trinajstić information content (AvgIpc) is 3.11. The summed E-state index contributed by atoms with van der Waals surface area (Å²) in [4.78, 5) is 29.6. The van der Waals surface area contributed by atoms with Gasteiger partial charge in [-0.15, -0.1) is 0 Å². The van der Waals surface area contributed by atoms with Crippen molar-refractivity contribution in [1.29, 1.82) is 0 Å². The number of hydrogen-bond acceptors (Lipinski definition) is 7. The quantitative estimate of drug-likeness (QED) is 0.148. The number of carbonyl (C=O) groups excluding carboxylic acids is 2. The molecule has 0 saturated heterocycles. The van der Waals surface area contributed by atoms with Gasteiger partial charge in [0.2, 0.25) is 11.8 Å². The SMILES string of the molecule is COc1ccc(S(=O)(=O)N(CC(=O)N(Cc2ccccc2F)[C@@H](Cc2ccccc2)C(=O)NCC(C)C)c2cc(Cl)ccc2OC)cc1OC. The molecule has 13 heteroatoms. The normalized spacial score (nSPS) is 11.8. The van der Waals surface area contributed by atoms with Gasteiger partial charge in [-0.1, -0.05) is 74.0 Å². The lowest BCUT2D eigenvalue weighted by Gasteiger charge is -2.34. The Kier molecular flexibility index (Phi) is 13.1. The van der Waals surface area contributed by atoms with E-state index in [1.54, 1.807) is 6.07 Å². The molecule has 0 unspecified atom stereocenters. The Morgan fingerprint density at radius 2 is 1.48 bits per heavy atom. The highest BCUT2D eigenvalue weighted by Gasteiger charge is 2.36. The van der Waals surface area contributed by atoms with Gasteiger partial charge in [-0.2, -0.15) is 0 Å². The largest absolute Gasteiger partial charge is 0.495 e. The minimum atomic E-state index is -4.56. The van der Waals surface area contributed by atoms with E-state index in [-0.39, 0.29) is 51.6 Å². The van der Waals surface area contributed by atoms with Crippen LogP contribution in [-0.2, 0) is 32.6 Å². The summed E-state index contributed by atoms with van der Waals surface area (Å²) in [7, 11) is -0.417. The summed E-state index contributed by atoms with van der Waals surface area (Å²) in [5, 5.41) is 3.09. The standard InChI is InChI=1S/C37H41ClFN3O7S/c1-25(2)22-40-37(44)32(19-26-11-7-6-8-12-26)41(23-27-13-9-10-14-30(27)39)36(43)24-42(31-20-28(38)15-17-33(31)47-3)50(45,46)29-16-18-34(48-4)35(21-29)49-5/h6-18,20-21,25,32H,19,22-24H2,1-5H3,(H,40,44)/t32-/m0/s1. The van der Waals surface area contributed by atoms with Crippen molar-refractivity contribution in [2.75, 3.05) is 38.7 Å². The van der Waals surface area contributed by atoms with Crippen molar-refractivity contribution in [2.24, 2.45) is 5.92 Å². The molecule has 2 amide bonds. The van der Waals surface area contributed by atoms with Gasteiger partial charge in [-0.05, 0) is 47.9 Å². The lowest BCUT2D eigenvalue weighted by Crippen LogP contribution is -2.53. The molecule has 0 aliphatic rings. The first-order chi connectivity index (χ1) is 23.9. The zero-order valence-electron chi connectivity index (χ0n) is 28.6. The summed E-state index contributed by atoms with van der Waals surface area (Å²) >= 11 is 6.36. The maximum Gasteiger partial charge on any atom is 0.265 e. The van der Waals surface area contributed by atoms with Gasteiger partial charge < -0.3 is 24.4 Å². The van der Waals surface area contributed by atoms with E-state index in [9.17, 15) is 18.0 Å². The van der Waals surface area contributed by atoms with Crippen LogP contribution in [0.2, 0.25) is 5.02 Å². The van der Waals surface area contributed by atoms with Gasteiger partial charge in [0.1, 0.15) is 24.2 Å². The van der Waals surface area contributed by atoms with Crippen molar-refractivity contribution < 1.29 is 36.6 Å². The number of methoxy groups -OCH3 is 3. The van der Waals surface area contributed by atoms with E-state index < -0.39 is 40.2 Å². The van der Waals surface area contributed by atoms with E-state index in [0.29, 0.717) is 12.3 Å². The van der Waals surface area contributed by atoms with Crippen molar-refractivity contribution in [3.05, 3.63) is 113 Å². The molecule has 0 fully saturated rings. The van der Waals surface area contributed by atoms with Crippen LogP contribution in [0.25, 0.3) is 0 Å². The fourth-order valence-corrected chi connectivity index (χ4v) is 6.86. The predicted molar refractivity (Wildman–Crippen MR) is 191 cm³/mol. The van der Waals surface area contributed by atoms with Crippen LogP contribution < -0.4 is 23.8 Å². The summed E-state index contributed by atoms with van der Waals surface area (Å²) in [5.74, 6) is -1.18. The van der Waals surface area contributed by atoms with E-state index in [2.05, 4.69) is 5.32 Å². The topological polar surface area (TPSA) is 114 Å². The highest BCUT2D eigenvalue weighted by molar-refractivity contribution is 7.92. The molecule has 10 nitrogen and oxygen atoms in total. The minimum Gasteiger partial charge on any atom is -0.495 e. The Morgan fingerprint density at radius 1 is 0.840 bits per heavy atom. The molecular weight excluding hydrogens is 685 g/mol. The molecule has 0 aliphatic heterocycles. The Hall–Kier alpha value is -4.81. The summed E-state index contributed by atoms with van der Waals surface area (Å²) in [5.41, 5.74) is 0.859. The van der Waals surface area contributed by atoms with E-state index in [1.165, 1.54) is 80.8 Å². The third-order valence-electron chi connectivity index (χ3n) is 7.89. The fraction of sp³-hybridized carbons (Fsp3) is 0.297. The third kappa shape index (κ3) is 9.25. The molecule has 1 N–H and O–H groups in total. The first kappa shape index (κ1) is 38.0. The van der Waals surface area contributed by atoms with Crippen molar-refractivity contribution in [3.63, 3.8) is 0 Å². The number of nitrogens with zero attached hydrogens (tertiary/aromatic N) is 2. The molecule has 0 saturated carbocycles. The number of amides is 2. The molecule has 0 aromatic heterocycles. The number of ether oxygens (including phenoxy) is 3. The molecule has 4 aromatic rings. The van der Waals surface area contributed by atoms with E-state index >= 15 is 4.39 Å². The van der Waals surface area contributed by atoms with Gasteiger partial charge in [0.05, 0.1) is 31.9 Å². The van der Waals surface area contributed by atoms with Crippen LogP contribution in [0.15, 0.2) is 95.9 Å². The van der Waals surface area contributed by atoms with Crippen LogP contribution in [-0.4, -0.2) is 65.6 Å². The van der Waals surface area contributed by atoms with Crippen molar-refractivity contribution >= 4 is 39.1 Å². The van der Waals surface area contributed by atoms with Crippen molar-refractivity contribution in [3.8, 4) is 17.2 Å². The number of anilines is 1. The number of sulfonamides is 1. The van der Waals surface area contributed by atoms with Gasteiger partial charge in [-0.25, -0.2) is 12.8 Å². The van der Waals surface area contributed by atoms with Crippen LogP contribution in [0, 0.1) is 11.7 Å². The van der Waals surface area contributed by atoms with Crippen LogP contribution in [0.3, 0.4) is 0 Å². The number of halogens is 2. The Morgan fingerprint density at radius 3 is 2.12 bits per heavy atom. The predicted octanol–water partition coefficient (Wildman–Crippen LogP) is 6.11. The smallest absolute Gasteiger partial charge is 0.265 e. The number of carbonyl (C=O) groups is 2. The molecule has 0 bridgehead atoms. The maximum atomic E-state index is 15.2. The van der Waals surface area contributed by atoms with Gasteiger partial charge >= 0.3 is 0 Å². The van der Waals surface area contributed by atoms with Gasteiger partial charge in [0.25, 0.3) is 10.0 Å². The Labute approximate surface area is 297 Å².